The van der Waals surface area contributed by atoms with E-state index in [1.165, 1.54) is 0 Å². The normalized spacial score (nSPS) is 10.4. The molecule has 0 aliphatic carbocycles. The summed E-state index contributed by atoms with van der Waals surface area (Å²) in [4.78, 5) is 23.6. The second kappa shape index (κ2) is 7.91. The Morgan fingerprint density at radius 3 is 2.80 bits per heavy atom. The number of hydrogen-bond donors (Lipinski definition) is 1. The van der Waals surface area contributed by atoms with E-state index in [1.54, 1.807) is 42.5 Å². The molecule has 1 N–H and O–H groups in total. The van der Waals surface area contributed by atoms with Crippen LogP contribution >= 0.6 is 23.3 Å². The van der Waals surface area contributed by atoms with E-state index in [2.05, 4.69) is 14.1 Å². The second-order valence-corrected chi connectivity index (χ2v) is 5.86. The molecular weight excluding hydrogens is 366 g/mol. The molecule has 128 valence electrons. The largest absolute Gasteiger partial charge is 0.482 e. The molecule has 0 fully saturated rings. The number of esters is 1. The van der Waals surface area contributed by atoms with Crippen molar-refractivity contribution in [3.05, 3.63) is 47.5 Å². The molecule has 7 nitrogen and oxygen atoms in total. The number of ether oxygens (including phenoxy) is 2. The van der Waals surface area contributed by atoms with Gasteiger partial charge in [-0.15, -0.1) is 0 Å². The van der Waals surface area contributed by atoms with Gasteiger partial charge in [-0.3, -0.25) is 4.79 Å². The Kier molecular flexibility index (Phi) is 5.42. The topological polar surface area (TPSA) is 90.4 Å². The number of rotatable bonds is 6. The molecule has 0 aliphatic rings. The summed E-state index contributed by atoms with van der Waals surface area (Å²) in [5, 5.41) is 3.13. The Morgan fingerprint density at radius 1 is 1.12 bits per heavy atom. The van der Waals surface area contributed by atoms with E-state index in [-0.39, 0.29) is 6.61 Å². The first-order valence-corrected chi connectivity index (χ1v) is 8.28. The van der Waals surface area contributed by atoms with Gasteiger partial charge in [0, 0.05) is 5.02 Å². The van der Waals surface area contributed by atoms with Crippen LogP contribution in [0.5, 0.6) is 5.75 Å². The van der Waals surface area contributed by atoms with Crippen molar-refractivity contribution in [2.75, 3.05) is 18.5 Å². The summed E-state index contributed by atoms with van der Waals surface area (Å²) >= 11 is 6.87. The zero-order chi connectivity index (χ0) is 17.6. The van der Waals surface area contributed by atoms with Crippen molar-refractivity contribution in [1.82, 2.24) is 8.75 Å². The molecule has 3 rings (SSSR count). The van der Waals surface area contributed by atoms with Crippen molar-refractivity contribution < 1.29 is 19.1 Å². The lowest BCUT2D eigenvalue weighted by atomic mass is 10.2. The van der Waals surface area contributed by atoms with Crippen molar-refractivity contribution in [3.63, 3.8) is 0 Å². The number of nitrogens with one attached hydrogen (secondary N) is 1. The molecule has 9 heteroatoms. The van der Waals surface area contributed by atoms with E-state index >= 15 is 0 Å². The maximum absolute atomic E-state index is 11.9. The summed E-state index contributed by atoms with van der Waals surface area (Å²) in [6, 6.07) is 11.9. The molecule has 1 aromatic heterocycles. The molecule has 0 unspecified atom stereocenters. The number of anilines is 1. The van der Waals surface area contributed by atoms with Gasteiger partial charge in [-0.05, 0) is 30.3 Å². The number of amides is 1. The summed E-state index contributed by atoms with van der Waals surface area (Å²) in [5.41, 5.74) is 1.80. The molecule has 1 heterocycles. The second-order valence-electron chi connectivity index (χ2n) is 4.89. The van der Waals surface area contributed by atoms with Gasteiger partial charge in [0.25, 0.3) is 5.91 Å². The lowest BCUT2D eigenvalue weighted by Gasteiger charge is -2.08. The molecule has 2 aromatic carbocycles. The first-order chi connectivity index (χ1) is 12.1. The predicted octanol–water partition coefficient (Wildman–Crippen LogP) is 2.91. The van der Waals surface area contributed by atoms with Gasteiger partial charge in [0.1, 0.15) is 16.8 Å². The number of aromatic nitrogens is 2. The van der Waals surface area contributed by atoms with Crippen LogP contribution in [0.3, 0.4) is 0 Å². The van der Waals surface area contributed by atoms with E-state index in [0.29, 0.717) is 27.5 Å². The van der Waals surface area contributed by atoms with Crippen LogP contribution in [-0.2, 0) is 14.3 Å². The number of hydrogen-bond acceptors (Lipinski definition) is 7. The molecule has 0 saturated heterocycles. The standard InChI is InChI=1S/C16H12ClN3O4S/c17-10-3-1-4-11(7-10)23-9-15(22)24-8-14(21)18-12-5-2-6-13-16(12)20-25-19-13/h1-7H,8-9H2,(H,18,21). The van der Waals surface area contributed by atoms with Crippen molar-refractivity contribution in [1.29, 1.82) is 0 Å². The molecule has 0 bridgehead atoms. The minimum atomic E-state index is -0.663. The van der Waals surface area contributed by atoms with Crippen LogP contribution in [0, 0.1) is 0 Å². The smallest absolute Gasteiger partial charge is 0.344 e. The molecule has 3 aromatic rings. The van der Waals surface area contributed by atoms with Crippen LogP contribution in [0.1, 0.15) is 0 Å². The summed E-state index contributed by atoms with van der Waals surface area (Å²) in [7, 11) is 0. The molecule has 0 radical (unpaired) electrons. The number of carbonyl (C=O) groups excluding carboxylic acids is 2. The first-order valence-electron chi connectivity index (χ1n) is 7.17. The van der Waals surface area contributed by atoms with Crippen molar-refractivity contribution in [2.24, 2.45) is 0 Å². The molecule has 25 heavy (non-hydrogen) atoms. The van der Waals surface area contributed by atoms with Crippen molar-refractivity contribution >= 4 is 51.9 Å². The fraction of sp³-hybridized carbons (Fsp3) is 0.125. The maximum atomic E-state index is 11.9. The Labute approximate surface area is 151 Å². The monoisotopic (exact) mass is 377 g/mol. The molecule has 0 aliphatic heterocycles. The van der Waals surface area contributed by atoms with Crippen LogP contribution in [0.25, 0.3) is 11.0 Å². The minimum Gasteiger partial charge on any atom is -0.482 e. The number of fused-ring (bicyclic) bond motifs is 1. The number of benzene rings is 2. The third-order valence-corrected chi connectivity index (χ3v) is 3.85. The third kappa shape index (κ3) is 4.65. The SMILES string of the molecule is O=C(COC(=O)COc1cccc(Cl)c1)Nc1cccc2nsnc12. The van der Waals surface area contributed by atoms with E-state index in [1.807, 2.05) is 0 Å². The Hall–Kier alpha value is -2.71. The summed E-state index contributed by atoms with van der Waals surface area (Å²) in [5.74, 6) is -0.697. The van der Waals surface area contributed by atoms with Gasteiger partial charge < -0.3 is 14.8 Å². The average Bonchev–Trinajstić information content (AvgIpc) is 3.08. The van der Waals surface area contributed by atoms with E-state index < -0.39 is 18.5 Å². The average molecular weight is 378 g/mol. The zero-order valence-electron chi connectivity index (χ0n) is 12.8. The molecular formula is C16H12ClN3O4S. The minimum absolute atomic E-state index is 0.320. The van der Waals surface area contributed by atoms with Crippen LogP contribution in [0.4, 0.5) is 5.69 Å². The van der Waals surface area contributed by atoms with Crippen LogP contribution < -0.4 is 10.1 Å². The van der Waals surface area contributed by atoms with Gasteiger partial charge in [-0.2, -0.15) is 8.75 Å². The molecule has 0 spiro atoms. The first kappa shape index (κ1) is 17.1. The van der Waals surface area contributed by atoms with E-state index in [4.69, 9.17) is 21.1 Å². The highest BCUT2D eigenvalue weighted by Gasteiger charge is 2.11. The Bertz CT molecular complexity index is 915. The third-order valence-electron chi connectivity index (χ3n) is 3.08. The lowest BCUT2D eigenvalue weighted by Crippen LogP contribution is -2.23. The highest BCUT2D eigenvalue weighted by Crippen LogP contribution is 2.21. The van der Waals surface area contributed by atoms with Crippen LogP contribution in [0.15, 0.2) is 42.5 Å². The predicted molar refractivity (Wildman–Crippen MR) is 94.0 cm³/mol. The maximum Gasteiger partial charge on any atom is 0.344 e. The van der Waals surface area contributed by atoms with Gasteiger partial charge in [0.05, 0.1) is 17.4 Å². The Balaban J connectivity index is 1.47. The van der Waals surface area contributed by atoms with E-state index in [0.717, 1.165) is 11.7 Å². The van der Waals surface area contributed by atoms with E-state index in [9.17, 15) is 9.59 Å². The highest BCUT2D eigenvalue weighted by atomic mass is 35.5. The van der Waals surface area contributed by atoms with Crippen molar-refractivity contribution in [2.45, 2.75) is 0 Å². The molecule has 1 amide bonds. The van der Waals surface area contributed by atoms with Gasteiger partial charge >= 0.3 is 5.97 Å². The van der Waals surface area contributed by atoms with Crippen molar-refractivity contribution in [3.8, 4) is 5.75 Å². The summed E-state index contributed by atoms with van der Waals surface area (Å²) < 4.78 is 18.3. The number of nitrogens with zero attached hydrogens (tertiary/aromatic N) is 2. The lowest BCUT2D eigenvalue weighted by molar-refractivity contribution is -0.149. The fourth-order valence-corrected chi connectivity index (χ4v) is 2.71. The van der Waals surface area contributed by atoms with Crippen LogP contribution in [-0.4, -0.2) is 33.8 Å². The fourth-order valence-electron chi connectivity index (χ4n) is 1.98. The zero-order valence-corrected chi connectivity index (χ0v) is 14.3. The number of carbonyl (C=O) groups is 2. The number of halogens is 1. The van der Waals surface area contributed by atoms with Gasteiger partial charge in [0.2, 0.25) is 0 Å². The van der Waals surface area contributed by atoms with Gasteiger partial charge in [0.15, 0.2) is 13.2 Å². The molecule has 0 atom stereocenters. The summed E-state index contributed by atoms with van der Waals surface area (Å²) in [6.45, 7) is -0.745. The quantitative estimate of drug-likeness (QED) is 0.664. The van der Waals surface area contributed by atoms with Gasteiger partial charge in [-0.1, -0.05) is 23.7 Å². The molecule has 0 saturated carbocycles. The summed E-state index contributed by atoms with van der Waals surface area (Å²) in [6.07, 6.45) is 0. The van der Waals surface area contributed by atoms with Gasteiger partial charge in [-0.25, -0.2) is 4.79 Å². The Morgan fingerprint density at radius 2 is 1.96 bits per heavy atom. The highest BCUT2D eigenvalue weighted by molar-refractivity contribution is 7.00. The van der Waals surface area contributed by atoms with Crippen LogP contribution in [0.2, 0.25) is 5.02 Å².